The van der Waals surface area contributed by atoms with Gasteiger partial charge in [0.1, 0.15) is 13.2 Å². The van der Waals surface area contributed by atoms with Crippen molar-refractivity contribution in [1.29, 1.82) is 0 Å². The third-order valence-corrected chi connectivity index (χ3v) is 3.69. The molecule has 0 saturated heterocycles. The second-order valence-corrected chi connectivity index (χ2v) is 5.34. The number of para-hydroxylation sites is 2. The number of anilines is 1. The Morgan fingerprint density at radius 2 is 1.75 bits per heavy atom. The number of hydrogen-bond acceptors (Lipinski definition) is 4. The molecule has 2 N–H and O–H groups in total. The lowest BCUT2D eigenvalue weighted by Crippen LogP contribution is -2.34. The fourth-order valence-corrected chi connectivity index (χ4v) is 2.57. The summed E-state index contributed by atoms with van der Waals surface area (Å²) in [6.07, 6.45) is 0.0764. The van der Waals surface area contributed by atoms with Crippen LogP contribution in [0.5, 0.6) is 11.5 Å². The van der Waals surface area contributed by atoms with Gasteiger partial charge in [0, 0.05) is 18.7 Å². The maximum absolute atomic E-state index is 13.1. The van der Waals surface area contributed by atoms with Crippen LogP contribution in [0.1, 0.15) is 16.8 Å². The van der Waals surface area contributed by atoms with Gasteiger partial charge in [0.2, 0.25) is 5.91 Å². The summed E-state index contributed by atoms with van der Waals surface area (Å²) in [5.41, 5.74) is 6.34. The Bertz CT molecular complexity index is 746. The molecular weight excluding hydrogens is 308 g/mol. The summed E-state index contributed by atoms with van der Waals surface area (Å²) in [6.45, 7) is 1.04. The van der Waals surface area contributed by atoms with Gasteiger partial charge in [0.05, 0.1) is 5.56 Å². The average Bonchev–Trinajstić information content (AvgIpc) is 2.62. The number of nitrogens with two attached hydrogens (primary N) is 1. The van der Waals surface area contributed by atoms with Gasteiger partial charge in [0.25, 0.3) is 5.91 Å². The molecule has 24 heavy (non-hydrogen) atoms. The Morgan fingerprint density at radius 3 is 2.50 bits per heavy atom. The molecule has 1 aliphatic heterocycles. The molecule has 2 aromatic rings. The maximum atomic E-state index is 13.1. The van der Waals surface area contributed by atoms with Crippen LogP contribution in [0.25, 0.3) is 0 Å². The Kier molecular flexibility index (Phi) is 4.65. The fourth-order valence-electron chi connectivity index (χ4n) is 2.57. The van der Waals surface area contributed by atoms with Crippen molar-refractivity contribution in [3.8, 4) is 11.5 Å². The Balaban J connectivity index is 1.95. The van der Waals surface area contributed by atoms with Crippen LogP contribution in [0.3, 0.4) is 0 Å². The zero-order valence-corrected chi connectivity index (χ0v) is 13.1. The highest BCUT2D eigenvalue weighted by Crippen LogP contribution is 2.35. The SMILES string of the molecule is NC(=O)CCN(C(=O)c1cccc2c1OCCO2)c1ccccc1. The van der Waals surface area contributed by atoms with Gasteiger partial charge in [-0.1, -0.05) is 24.3 Å². The van der Waals surface area contributed by atoms with E-state index in [1.54, 1.807) is 18.2 Å². The zero-order valence-electron chi connectivity index (χ0n) is 13.1. The molecule has 6 nitrogen and oxygen atoms in total. The molecule has 0 aromatic heterocycles. The lowest BCUT2D eigenvalue weighted by atomic mass is 10.1. The van der Waals surface area contributed by atoms with Gasteiger partial charge in [-0.3, -0.25) is 9.59 Å². The predicted octanol–water partition coefficient (Wildman–Crippen LogP) is 1.98. The minimum Gasteiger partial charge on any atom is -0.486 e. The molecule has 2 amide bonds. The number of primary amides is 1. The minimum absolute atomic E-state index is 0.0764. The van der Waals surface area contributed by atoms with Crippen molar-refractivity contribution in [2.75, 3.05) is 24.7 Å². The van der Waals surface area contributed by atoms with Gasteiger partial charge in [0.15, 0.2) is 11.5 Å². The second kappa shape index (κ2) is 7.04. The van der Waals surface area contributed by atoms with Crippen LogP contribution in [-0.2, 0) is 4.79 Å². The summed E-state index contributed by atoms with van der Waals surface area (Å²) in [5.74, 6) is 0.270. The Hall–Kier alpha value is -3.02. The Morgan fingerprint density at radius 1 is 1.00 bits per heavy atom. The van der Waals surface area contributed by atoms with Gasteiger partial charge in [-0.05, 0) is 24.3 Å². The van der Waals surface area contributed by atoms with Crippen molar-refractivity contribution in [1.82, 2.24) is 0 Å². The van der Waals surface area contributed by atoms with Gasteiger partial charge in [-0.2, -0.15) is 0 Å². The van der Waals surface area contributed by atoms with Crippen LogP contribution < -0.4 is 20.1 Å². The summed E-state index contributed by atoms with van der Waals surface area (Å²) in [6, 6.07) is 14.4. The number of carbonyl (C=O) groups is 2. The van der Waals surface area contributed by atoms with Crippen molar-refractivity contribution in [2.45, 2.75) is 6.42 Å². The topological polar surface area (TPSA) is 81.9 Å². The molecule has 1 aliphatic rings. The second-order valence-electron chi connectivity index (χ2n) is 5.34. The highest BCUT2D eigenvalue weighted by atomic mass is 16.6. The van der Waals surface area contributed by atoms with E-state index in [4.69, 9.17) is 15.2 Å². The van der Waals surface area contributed by atoms with E-state index in [1.807, 2.05) is 30.3 Å². The largest absolute Gasteiger partial charge is 0.486 e. The van der Waals surface area contributed by atoms with E-state index in [1.165, 1.54) is 4.90 Å². The smallest absolute Gasteiger partial charge is 0.262 e. The molecule has 0 aliphatic carbocycles. The molecule has 0 saturated carbocycles. The summed E-state index contributed by atoms with van der Waals surface area (Å²) in [4.78, 5) is 25.8. The first-order chi connectivity index (χ1) is 11.7. The summed E-state index contributed by atoms with van der Waals surface area (Å²) >= 11 is 0. The Labute approximate surface area is 139 Å². The molecule has 0 spiro atoms. The molecular formula is C18H18N2O4. The van der Waals surface area contributed by atoms with Crippen molar-refractivity contribution < 1.29 is 19.1 Å². The molecule has 6 heteroatoms. The summed E-state index contributed by atoms with van der Waals surface area (Å²) < 4.78 is 11.2. The zero-order chi connectivity index (χ0) is 16.9. The van der Waals surface area contributed by atoms with E-state index in [2.05, 4.69) is 0 Å². The molecule has 1 heterocycles. The van der Waals surface area contributed by atoms with Crippen LogP contribution in [0, 0.1) is 0 Å². The fraction of sp³-hybridized carbons (Fsp3) is 0.222. The van der Waals surface area contributed by atoms with Crippen molar-refractivity contribution >= 4 is 17.5 Å². The van der Waals surface area contributed by atoms with E-state index in [0.717, 1.165) is 0 Å². The van der Waals surface area contributed by atoms with Crippen molar-refractivity contribution in [3.63, 3.8) is 0 Å². The molecule has 2 aromatic carbocycles. The number of amides is 2. The number of nitrogens with zero attached hydrogens (tertiary/aromatic N) is 1. The maximum Gasteiger partial charge on any atom is 0.262 e. The molecule has 124 valence electrons. The number of benzene rings is 2. The van der Waals surface area contributed by atoms with Crippen molar-refractivity contribution in [2.24, 2.45) is 5.73 Å². The molecule has 0 atom stereocenters. The third-order valence-electron chi connectivity index (χ3n) is 3.69. The summed E-state index contributed by atoms with van der Waals surface area (Å²) in [7, 11) is 0. The standard InChI is InChI=1S/C18H18N2O4/c19-16(21)9-10-20(13-5-2-1-3-6-13)18(22)14-7-4-8-15-17(14)24-12-11-23-15/h1-8H,9-12H2,(H2,19,21). The number of rotatable bonds is 5. The number of hydrogen-bond donors (Lipinski definition) is 1. The molecule has 0 unspecified atom stereocenters. The summed E-state index contributed by atoms with van der Waals surface area (Å²) in [5, 5.41) is 0. The normalized spacial score (nSPS) is 12.5. The van der Waals surface area contributed by atoms with E-state index >= 15 is 0 Å². The molecule has 0 radical (unpaired) electrons. The number of carbonyl (C=O) groups excluding carboxylic acids is 2. The predicted molar refractivity (Wildman–Crippen MR) is 89.4 cm³/mol. The van der Waals surface area contributed by atoms with Gasteiger partial charge < -0.3 is 20.1 Å². The number of fused-ring (bicyclic) bond motifs is 1. The lowest BCUT2D eigenvalue weighted by molar-refractivity contribution is -0.117. The van der Waals surface area contributed by atoms with Gasteiger partial charge >= 0.3 is 0 Å². The van der Waals surface area contributed by atoms with Gasteiger partial charge in [-0.25, -0.2) is 0 Å². The molecule has 3 rings (SSSR count). The van der Waals surface area contributed by atoms with Crippen molar-refractivity contribution in [3.05, 3.63) is 54.1 Å². The highest BCUT2D eigenvalue weighted by molar-refractivity contribution is 6.08. The lowest BCUT2D eigenvalue weighted by Gasteiger charge is -2.25. The molecule has 0 bridgehead atoms. The van der Waals surface area contributed by atoms with E-state index < -0.39 is 5.91 Å². The van der Waals surface area contributed by atoms with E-state index in [-0.39, 0.29) is 18.9 Å². The van der Waals surface area contributed by atoms with Crippen LogP contribution in [0.15, 0.2) is 48.5 Å². The van der Waals surface area contributed by atoms with Crippen LogP contribution in [-0.4, -0.2) is 31.6 Å². The first-order valence-electron chi connectivity index (χ1n) is 7.70. The minimum atomic E-state index is -0.460. The number of ether oxygens (including phenoxy) is 2. The van der Waals surface area contributed by atoms with Gasteiger partial charge in [-0.15, -0.1) is 0 Å². The highest BCUT2D eigenvalue weighted by Gasteiger charge is 2.25. The van der Waals surface area contributed by atoms with E-state index in [9.17, 15) is 9.59 Å². The first-order valence-corrected chi connectivity index (χ1v) is 7.70. The molecule has 0 fully saturated rings. The monoisotopic (exact) mass is 326 g/mol. The first kappa shape index (κ1) is 15.9. The van der Waals surface area contributed by atoms with Crippen LogP contribution >= 0.6 is 0 Å². The average molecular weight is 326 g/mol. The third kappa shape index (κ3) is 3.32. The van der Waals surface area contributed by atoms with Crippen LogP contribution in [0.2, 0.25) is 0 Å². The quantitative estimate of drug-likeness (QED) is 0.911. The van der Waals surface area contributed by atoms with E-state index in [0.29, 0.717) is 36.0 Å². The van der Waals surface area contributed by atoms with Crippen LogP contribution in [0.4, 0.5) is 5.69 Å².